The van der Waals surface area contributed by atoms with Gasteiger partial charge in [0, 0.05) is 43.4 Å². The molecule has 1 aliphatic heterocycles. The van der Waals surface area contributed by atoms with Crippen LogP contribution in [0.15, 0.2) is 0 Å². The van der Waals surface area contributed by atoms with Crippen LogP contribution in [0.2, 0.25) is 0 Å². The minimum Gasteiger partial charge on any atom is -0.466 e. The van der Waals surface area contributed by atoms with Gasteiger partial charge in [-0.3, -0.25) is 9.59 Å². The van der Waals surface area contributed by atoms with E-state index < -0.39 is 0 Å². The molecule has 0 aromatic carbocycles. The molecule has 4 rings (SSSR count). The van der Waals surface area contributed by atoms with Crippen LogP contribution >= 0.6 is 11.3 Å². The molecule has 1 fully saturated rings. The molecule has 1 aliphatic carbocycles. The molecule has 2 aromatic heterocycles. The number of esters is 1. The summed E-state index contributed by atoms with van der Waals surface area (Å²) >= 11 is 1.85. The van der Waals surface area contributed by atoms with E-state index in [4.69, 9.17) is 14.7 Å². The van der Waals surface area contributed by atoms with E-state index in [-0.39, 0.29) is 30.6 Å². The zero-order valence-corrected chi connectivity index (χ0v) is 20.5. The number of amides is 1. The summed E-state index contributed by atoms with van der Waals surface area (Å²) in [5, 5.41) is 1.24. The zero-order chi connectivity index (χ0) is 22.8. The molecule has 174 valence electrons. The fourth-order valence-corrected chi connectivity index (χ4v) is 5.98. The van der Waals surface area contributed by atoms with E-state index >= 15 is 0 Å². The number of rotatable bonds is 6. The lowest BCUT2D eigenvalue weighted by Crippen LogP contribution is -2.49. The number of anilines is 1. The molecule has 0 N–H and O–H groups in total. The van der Waals surface area contributed by atoms with Gasteiger partial charge in [-0.1, -0.05) is 20.8 Å². The molecule has 1 amide bonds. The standard InChI is InChI=1S/C24H34N4O3S/c1-5-31-20(30)9-8-19(29)27-10-12-28(13-11-27)23-21-17-7-6-16(4)14-18(17)32-24(21)26-22(25-23)15(2)3/h15-16H,5-14H2,1-4H3. The predicted octanol–water partition coefficient (Wildman–Crippen LogP) is 3.93. The van der Waals surface area contributed by atoms with E-state index in [1.165, 1.54) is 22.2 Å². The summed E-state index contributed by atoms with van der Waals surface area (Å²) < 4.78 is 4.94. The van der Waals surface area contributed by atoms with E-state index in [1.807, 2.05) is 16.2 Å². The Labute approximate surface area is 194 Å². The summed E-state index contributed by atoms with van der Waals surface area (Å²) in [5.74, 6) is 2.65. The number of nitrogens with zero attached hydrogens (tertiary/aromatic N) is 4. The van der Waals surface area contributed by atoms with Crippen molar-refractivity contribution in [2.75, 3.05) is 37.7 Å². The second kappa shape index (κ2) is 9.73. The summed E-state index contributed by atoms with van der Waals surface area (Å²) in [4.78, 5) is 40.9. The van der Waals surface area contributed by atoms with Crippen LogP contribution in [-0.4, -0.2) is 59.5 Å². The Bertz CT molecular complexity index is 995. The first kappa shape index (κ1) is 23.0. The van der Waals surface area contributed by atoms with Crippen LogP contribution in [0.5, 0.6) is 0 Å². The molecule has 1 unspecified atom stereocenters. The summed E-state index contributed by atoms with van der Waals surface area (Å²) in [5.41, 5.74) is 1.45. The van der Waals surface area contributed by atoms with Crippen LogP contribution < -0.4 is 4.90 Å². The summed E-state index contributed by atoms with van der Waals surface area (Å²) in [7, 11) is 0. The third-order valence-corrected chi connectivity index (χ3v) is 7.60. The highest BCUT2D eigenvalue weighted by Gasteiger charge is 2.29. The molecule has 1 saturated heterocycles. The summed E-state index contributed by atoms with van der Waals surface area (Å²) in [6, 6.07) is 0. The highest BCUT2D eigenvalue weighted by Crippen LogP contribution is 2.41. The second-order valence-corrected chi connectivity index (χ2v) is 10.3. The van der Waals surface area contributed by atoms with Crippen LogP contribution in [0.4, 0.5) is 5.82 Å². The Kier molecular flexibility index (Phi) is 6.98. The Hall–Kier alpha value is -2.22. The van der Waals surface area contributed by atoms with E-state index in [9.17, 15) is 9.59 Å². The Balaban J connectivity index is 1.52. The van der Waals surface area contributed by atoms with Gasteiger partial charge in [-0.25, -0.2) is 9.97 Å². The number of aryl methyl sites for hydroxylation is 1. The largest absolute Gasteiger partial charge is 0.466 e. The van der Waals surface area contributed by atoms with E-state index in [0.717, 1.165) is 48.3 Å². The van der Waals surface area contributed by atoms with Gasteiger partial charge in [0.1, 0.15) is 16.5 Å². The molecule has 32 heavy (non-hydrogen) atoms. The van der Waals surface area contributed by atoms with Gasteiger partial charge in [-0.2, -0.15) is 0 Å². The zero-order valence-electron chi connectivity index (χ0n) is 19.6. The van der Waals surface area contributed by atoms with E-state index in [1.54, 1.807) is 6.92 Å². The quantitative estimate of drug-likeness (QED) is 0.611. The van der Waals surface area contributed by atoms with E-state index in [2.05, 4.69) is 25.7 Å². The van der Waals surface area contributed by atoms with Gasteiger partial charge in [-0.15, -0.1) is 11.3 Å². The Morgan fingerprint density at radius 1 is 1.16 bits per heavy atom. The number of hydrogen-bond acceptors (Lipinski definition) is 7. The van der Waals surface area contributed by atoms with Gasteiger partial charge in [0.05, 0.1) is 18.4 Å². The van der Waals surface area contributed by atoms with Gasteiger partial charge in [0.25, 0.3) is 0 Å². The van der Waals surface area contributed by atoms with Gasteiger partial charge in [0.2, 0.25) is 5.91 Å². The maximum Gasteiger partial charge on any atom is 0.306 e. The number of ether oxygens (including phenoxy) is 1. The van der Waals surface area contributed by atoms with Crippen molar-refractivity contribution >= 4 is 39.2 Å². The van der Waals surface area contributed by atoms with Crippen molar-refractivity contribution in [1.82, 2.24) is 14.9 Å². The maximum absolute atomic E-state index is 12.6. The van der Waals surface area contributed by atoms with Crippen molar-refractivity contribution in [2.45, 2.75) is 65.7 Å². The molecular weight excluding hydrogens is 424 g/mol. The number of thiophene rings is 1. The topological polar surface area (TPSA) is 75.6 Å². The lowest BCUT2D eigenvalue weighted by atomic mass is 9.89. The van der Waals surface area contributed by atoms with E-state index in [0.29, 0.717) is 19.7 Å². The number of aromatic nitrogens is 2. The lowest BCUT2D eigenvalue weighted by Gasteiger charge is -2.36. The van der Waals surface area contributed by atoms with Crippen molar-refractivity contribution in [3.05, 3.63) is 16.3 Å². The minimum atomic E-state index is -0.305. The van der Waals surface area contributed by atoms with Crippen LogP contribution in [0.25, 0.3) is 10.2 Å². The fraction of sp³-hybridized carbons (Fsp3) is 0.667. The molecular formula is C24H34N4O3S. The van der Waals surface area contributed by atoms with Crippen LogP contribution in [0, 0.1) is 5.92 Å². The Morgan fingerprint density at radius 3 is 2.59 bits per heavy atom. The van der Waals surface area contributed by atoms with Crippen LogP contribution in [0.3, 0.4) is 0 Å². The van der Waals surface area contributed by atoms with Gasteiger partial charge >= 0.3 is 5.97 Å². The van der Waals surface area contributed by atoms with Crippen LogP contribution in [0.1, 0.15) is 69.1 Å². The molecule has 0 bridgehead atoms. The average molecular weight is 459 g/mol. The molecule has 3 heterocycles. The lowest BCUT2D eigenvalue weighted by molar-refractivity contribution is -0.145. The third-order valence-electron chi connectivity index (χ3n) is 6.45. The highest BCUT2D eigenvalue weighted by molar-refractivity contribution is 7.19. The third kappa shape index (κ3) is 4.75. The highest BCUT2D eigenvalue weighted by atomic mass is 32.1. The first-order valence-corrected chi connectivity index (χ1v) is 12.7. The number of fused-ring (bicyclic) bond motifs is 3. The number of carbonyl (C=O) groups is 2. The van der Waals surface area contributed by atoms with Crippen molar-refractivity contribution in [2.24, 2.45) is 5.92 Å². The fourth-order valence-electron chi connectivity index (χ4n) is 4.59. The molecule has 7 nitrogen and oxygen atoms in total. The summed E-state index contributed by atoms with van der Waals surface area (Å²) in [6.45, 7) is 11.5. The van der Waals surface area contributed by atoms with Crippen molar-refractivity contribution in [3.63, 3.8) is 0 Å². The Morgan fingerprint density at radius 2 is 1.91 bits per heavy atom. The van der Waals surface area contributed by atoms with Gasteiger partial charge < -0.3 is 14.5 Å². The number of hydrogen-bond donors (Lipinski definition) is 0. The average Bonchev–Trinajstić information content (AvgIpc) is 3.14. The smallest absolute Gasteiger partial charge is 0.306 e. The minimum absolute atomic E-state index is 0.0234. The predicted molar refractivity (Wildman–Crippen MR) is 127 cm³/mol. The molecule has 0 spiro atoms. The van der Waals surface area contributed by atoms with Crippen molar-refractivity contribution in [3.8, 4) is 0 Å². The molecule has 2 aromatic rings. The summed E-state index contributed by atoms with van der Waals surface area (Å²) in [6.07, 6.45) is 3.81. The number of carbonyl (C=O) groups excluding carboxylic acids is 2. The van der Waals surface area contributed by atoms with Gasteiger partial charge in [0.15, 0.2) is 0 Å². The normalized spacial score (nSPS) is 18.8. The van der Waals surface area contributed by atoms with Crippen molar-refractivity contribution in [1.29, 1.82) is 0 Å². The monoisotopic (exact) mass is 458 g/mol. The maximum atomic E-state index is 12.6. The first-order valence-electron chi connectivity index (χ1n) is 11.9. The van der Waals surface area contributed by atoms with Crippen molar-refractivity contribution < 1.29 is 14.3 Å². The first-order chi connectivity index (χ1) is 15.4. The second-order valence-electron chi connectivity index (χ2n) is 9.26. The number of piperazine rings is 1. The SMILES string of the molecule is CCOC(=O)CCC(=O)N1CCN(c2nc(C(C)C)nc3sc4c(c23)CCC(C)C4)CC1. The molecule has 8 heteroatoms. The molecule has 2 aliphatic rings. The van der Waals surface area contributed by atoms with Crippen LogP contribution in [-0.2, 0) is 27.2 Å². The molecule has 0 saturated carbocycles. The molecule has 1 atom stereocenters. The van der Waals surface area contributed by atoms with Gasteiger partial charge in [-0.05, 0) is 37.7 Å². The molecule has 0 radical (unpaired) electrons.